The number of aromatic amines is 1. The zero-order valence-corrected chi connectivity index (χ0v) is 18.3. The number of anilines is 2. The SMILES string of the molecule is CN1CCC(NC(=O)c2ccc(Nc3cc(-c4ccc(C#N)s4)[nH]n3)cc2C(N)=O)CC1. The third kappa shape index (κ3) is 4.80. The van der Waals surface area contributed by atoms with Crippen LogP contribution in [-0.2, 0) is 0 Å². The predicted molar refractivity (Wildman–Crippen MR) is 123 cm³/mol. The summed E-state index contributed by atoms with van der Waals surface area (Å²) in [5.74, 6) is -0.439. The maximum atomic E-state index is 12.8. The molecule has 1 saturated heterocycles. The Morgan fingerprint density at radius 3 is 2.69 bits per heavy atom. The molecule has 1 aliphatic heterocycles. The van der Waals surface area contributed by atoms with Crippen LogP contribution >= 0.6 is 11.3 Å². The van der Waals surface area contributed by atoms with Crippen molar-refractivity contribution in [2.45, 2.75) is 18.9 Å². The molecule has 3 heterocycles. The van der Waals surface area contributed by atoms with E-state index < -0.39 is 5.91 Å². The van der Waals surface area contributed by atoms with Crippen molar-refractivity contribution in [3.05, 3.63) is 52.4 Å². The molecule has 0 saturated carbocycles. The number of benzene rings is 1. The fraction of sp³-hybridized carbons (Fsp3) is 0.273. The summed E-state index contributed by atoms with van der Waals surface area (Å²) in [5.41, 5.74) is 7.31. The van der Waals surface area contributed by atoms with Gasteiger partial charge in [-0.15, -0.1) is 11.3 Å². The minimum absolute atomic E-state index is 0.0819. The van der Waals surface area contributed by atoms with Crippen molar-refractivity contribution in [1.29, 1.82) is 5.26 Å². The molecule has 4 rings (SSSR count). The predicted octanol–water partition coefficient (Wildman–Crippen LogP) is 2.68. The van der Waals surface area contributed by atoms with Gasteiger partial charge in [-0.05, 0) is 63.3 Å². The van der Waals surface area contributed by atoms with Crippen molar-refractivity contribution < 1.29 is 9.59 Å². The topological polar surface area (TPSA) is 140 Å². The van der Waals surface area contributed by atoms with E-state index >= 15 is 0 Å². The number of hydrogen-bond donors (Lipinski definition) is 4. The van der Waals surface area contributed by atoms with Gasteiger partial charge in [0, 0.05) is 17.8 Å². The Morgan fingerprint density at radius 1 is 1.22 bits per heavy atom. The number of thiophene rings is 1. The molecule has 0 atom stereocenters. The molecule has 9 nitrogen and oxygen atoms in total. The van der Waals surface area contributed by atoms with Crippen LogP contribution in [0.3, 0.4) is 0 Å². The Bertz CT molecular complexity index is 1190. The number of primary amides is 1. The fourth-order valence-corrected chi connectivity index (χ4v) is 4.41. The molecule has 32 heavy (non-hydrogen) atoms. The van der Waals surface area contributed by atoms with Crippen molar-refractivity contribution in [2.75, 3.05) is 25.5 Å². The molecule has 164 valence electrons. The Kier molecular flexibility index (Phi) is 6.20. The number of nitriles is 1. The lowest BCUT2D eigenvalue weighted by molar-refractivity contribution is 0.0905. The van der Waals surface area contributed by atoms with Gasteiger partial charge in [0.1, 0.15) is 10.9 Å². The van der Waals surface area contributed by atoms with E-state index in [1.807, 2.05) is 6.07 Å². The van der Waals surface area contributed by atoms with Crippen LogP contribution in [-0.4, -0.2) is 53.1 Å². The number of nitrogens with zero attached hydrogens (tertiary/aromatic N) is 3. The minimum atomic E-state index is -0.674. The highest BCUT2D eigenvalue weighted by Crippen LogP contribution is 2.29. The smallest absolute Gasteiger partial charge is 0.252 e. The average Bonchev–Trinajstić information content (AvgIpc) is 3.44. The van der Waals surface area contributed by atoms with Gasteiger partial charge in [0.25, 0.3) is 5.91 Å². The van der Waals surface area contributed by atoms with Gasteiger partial charge >= 0.3 is 0 Å². The van der Waals surface area contributed by atoms with Gasteiger partial charge in [0.15, 0.2) is 5.82 Å². The molecule has 2 amide bonds. The largest absolute Gasteiger partial charge is 0.366 e. The molecule has 10 heteroatoms. The standard InChI is InChI=1S/C22H23N7O2S/c1-29-8-6-13(7-9-29)26-22(31)16-4-2-14(10-17(16)21(24)30)25-20-11-18(27-28-20)19-5-3-15(12-23)32-19/h2-5,10-11,13H,6-9H2,1H3,(H2,24,30)(H,26,31)(H2,25,27,28). The Hall–Kier alpha value is -3.68. The zero-order valence-electron chi connectivity index (χ0n) is 17.5. The lowest BCUT2D eigenvalue weighted by Gasteiger charge is -2.29. The number of H-pyrrole nitrogens is 1. The van der Waals surface area contributed by atoms with Gasteiger partial charge in [0.05, 0.1) is 21.7 Å². The van der Waals surface area contributed by atoms with Crippen LogP contribution in [0.5, 0.6) is 0 Å². The molecule has 2 aromatic heterocycles. The summed E-state index contributed by atoms with van der Waals surface area (Å²) in [5, 5.41) is 22.3. The Balaban J connectivity index is 1.49. The first-order valence-corrected chi connectivity index (χ1v) is 11.0. The van der Waals surface area contributed by atoms with Crippen molar-refractivity contribution in [2.24, 2.45) is 5.73 Å². The molecular weight excluding hydrogens is 426 g/mol. The quantitative estimate of drug-likeness (QED) is 0.456. The maximum Gasteiger partial charge on any atom is 0.252 e. The first-order valence-electron chi connectivity index (χ1n) is 10.2. The van der Waals surface area contributed by atoms with Gasteiger partial charge in [-0.1, -0.05) is 0 Å². The number of likely N-dealkylation sites (tertiary alicyclic amines) is 1. The van der Waals surface area contributed by atoms with Crippen LogP contribution in [0.2, 0.25) is 0 Å². The fourth-order valence-electron chi connectivity index (χ4n) is 3.64. The Morgan fingerprint density at radius 2 is 2.00 bits per heavy atom. The first kappa shape index (κ1) is 21.5. The maximum absolute atomic E-state index is 12.8. The minimum Gasteiger partial charge on any atom is -0.366 e. The second kappa shape index (κ2) is 9.21. The second-order valence-electron chi connectivity index (χ2n) is 7.74. The van der Waals surface area contributed by atoms with E-state index in [0.717, 1.165) is 36.5 Å². The molecule has 0 radical (unpaired) electrons. The number of piperidine rings is 1. The van der Waals surface area contributed by atoms with Crippen LogP contribution in [0.1, 0.15) is 38.4 Å². The van der Waals surface area contributed by atoms with Crippen LogP contribution in [0.25, 0.3) is 10.6 Å². The van der Waals surface area contributed by atoms with Crippen LogP contribution in [0.15, 0.2) is 36.4 Å². The highest BCUT2D eigenvalue weighted by Gasteiger charge is 2.22. The molecule has 1 fully saturated rings. The Labute approximate surface area is 189 Å². The molecule has 5 N–H and O–H groups in total. The van der Waals surface area contributed by atoms with Crippen molar-refractivity contribution in [3.63, 3.8) is 0 Å². The first-order chi connectivity index (χ1) is 15.4. The van der Waals surface area contributed by atoms with E-state index in [9.17, 15) is 9.59 Å². The number of carbonyl (C=O) groups excluding carboxylic acids is 2. The van der Waals surface area contributed by atoms with E-state index in [1.54, 1.807) is 30.3 Å². The molecule has 0 unspecified atom stereocenters. The number of amides is 2. The summed E-state index contributed by atoms with van der Waals surface area (Å²) < 4.78 is 0. The van der Waals surface area contributed by atoms with Crippen molar-refractivity contribution in [3.8, 4) is 16.6 Å². The van der Waals surface area contributed by atoms with Gasteiger partial charge in [-0.2, -0.15) is 10.4 Å². The number of aromatic nitrogens is 2. The molecule has 0 bridgehead atoms. The summed E-state index contributed by atoms with van der Waals surface area (Å²) in [6.45, 7) is 1.84. The summed E-state index contributed by atoms with van der Waals surface area (Å²) >= 11 is 1.36. The van der Waals surface area contributed by atoms with Crippen LogP contribution < -0.4 is 16.4 Å². The van der Waals surface area contributed by atoms with Crippen LogP contribution in [0, 0.1) is 11.3 Å². The van der Waals surface area contributed by atoms with Gasteiger partial charge in [-0.3, -0.25) is 14.7 Å². The number of nitrogens with two attached hydrogens (primary N) is 1. The third-order valence-corrected chi connectivity index (χ3v) is 6.44. The summed E-state index contributed by atoms with van der Waals surface area (Å²) in [6.07, 6.45) is 1.74. The highest BCUT2D eigenvalue weighted by molar-refractivity contribution is 7.15. The van der Waals surface area contributed by atoms with Crippen molar-refractivity contribution in [1.82, 2.24) is 20.4 Å². The molecule has 3 aromatic rings. The molecule has 0 aliphatic carbocycles. The third-order valence-electron chi connectivity index (χ3n) is 5.42. The molecule has 1 aliphatic rings. The summed E-state index contributed by atoms with van der Waals surface area (Å²) in [6, 6.07) is 12.5. The molecule has 1 aromatic carbocycles. The second-order valence-corrected chi connectivity index (χ2v) is 8.83. The van der Waals surface area contributed by atoms with Gasteiger partial charge < -0.3 is 21.3 Å². The lowest BCUT2D eigenvalue weighted by Crippen LogP contribution is -2.43. The average molecular weight is 450 g/mol. The number of rotatable bonds is 6. The monoisotopic (exact) mass is 449 g/mol. The number of hydrogen-bond acceptors (Lipinski definition) is 7. The van der Waals surface area contributed by atoms with Crippen LogP contribution in [0.4, 0.5) is 11.5 Å². The summed E-state index contributed by atoms with van der Waals surface area (Å²) in [4.78, 5) is 28.6. The number of nitrogens with one attached hydrogen (secondary N) is 3. The van der Waals surface area contributed by atoms with Gasteiger partial charge in [-0.25, -0.2) is 0 Å². The van der Waals surface area contributed by atoms with Crippen molar-refractivity contribution >= 4 is 34.7 Å². The molecule has 0 spiro atoms. The van der Waals surface area contributed by atoms with Gasteiger partial charge in [0.2, 0.25) is 5.91 Å². The number of carbonyl (C=O) groups is 2. The van der Waals surface area contributed by atoms with E-state index in [1.165, 1.54) is 11.3 Å². The van der Waals surface area contributed by atoms with E-state index in [2.05, 4.69) is 38.8 Å². The van der Waals surface area contributed by atoms with E-state index in [-0.39, 0.29) is 23.1 Å². The van der Waals surface area contributed by atoms with E-state index in [0.29, 0.717) is 16.4 Å². The molecular formula is C22H23N7O2S. The summed E-state index contributed by atoms with van der Waals surface area (Å²) in [7, 11) is 2.06. The lowest BCUT2D eigenvalue weighted by atomic mass is 10.0. The van der Waals surface area contributed by atoms with E-state index in [4.69, 9.17) is 11.0 Å². The zero-order chi connectivity index (χ0) is 22.7. The highest BCUT2D eigenvalue weighted by atomic mass is 32.1. The normalized spacial score (nSPS) is 14.6.